The zero-order valence-electron chi connectivity index (χ0n) is 8.12. The summed E-state index contributed by atoms with van der Waals surface area (Å²) >= 11 is 0. The summed E-state index contributed by atoms with van der Waals surface area (Å²) in [7, 11) is 0. The molecule has 0 aliphatic carbocycles. The van der Waals surface area contributed by atoms with E-state index in [-0.39, 0.29) is 11.1 Å². The van der Waals surface area contributed by atoms with Crippen molar-refractivity contribution in [1.29, 1.82) is 5.26 Å². The number of hydrogen-bond acceptors (Lipinski definition) is 3. The van der Waals surface area contributed by atoms with Crippen LogP contribution in [0.5, 0.6) is 0 Å². The molecule has 1 aromatic rings. The van der Waals surface area contributed by atoms with Crippen LogP contribution < -0.4 is 5.73 Å². The minimum atomic E-state index is -3.51. The molecule has 1 aromatic carbocycles. The lowest BCUT2D eigenvalue weighted by Crippen LogP contribution is -2.36. The Morgan fingerprint density at radius 3 is 2.62 bits per heavy atom. The number of halogens is 3. The van der Waals surface area contributed by atoms with Gasteiger partial charge in [-0.1, -0.05) is 6.07 Å². The van der Waals surface area contributed by atoms with Gasteiger partial charge in [-0.2, -0.15) is 5.26 Å². The average Bonchev–Trinajstić information content (AvgIpc) is 2.28. The van der Waals surface area contributed by atoms with Crippen LogP contribution in [0.1, 0.15) is 17.2 Å². The molecule has 3 N–H and O–H groups in total. The van der Waals surface area contributed by atoms with Gasteiger partial charge in [0, 0.05) is 0 Å². The molecule has 16 heavy (non-hydrogen) atoms. The zero-order chi connectivity index (χ0) is 12.3. The maximum atomic E-state index is 13.0. The Kier molecular flexibility index (Phi) is 3.52. The van der Waals surface area contributed by atoms with Crippen molar-refractivity contribution >= 4 is 0 Å². The van der Waals surface area contributed by atoms with Crippen molar-refractivity contribution in [2.45, 2.75) is 12.0 Å². The molecule has 0 saturated heterocycles. The van der Waals surface area contributed by atoms with E-state index >= 15 is 0 Å². The minimum absolute atomic E-state index is 0.1000. The molecule has 0 aliphatic heterocycles. The normalized spacial score (nSPS) is 13.2. The van der Waals surface area contributed by atoms with E-state index in [1.165, 1.54) is 6.07 Å². The number of benzene rings is 1. The molecule has 1 rings (SSSR count). The summed E-state index contributed by atoms with van der Waals surface area (Å²) in [6.07, 6.45) is 0. The summed E-state index contributed by atoms with van der Waals surface area (Å²) in [5.74, 6) is -4.31. The van der Waals surface area contributed by atoms with Crippen LogP contribution in [-0.4, -0.2) is 17.6 Å². The lowest BCUT2D eigenvalue weighted by Gasteiger charge is -2.21. The van der Waals surface area contributed by atoms with Gasteiger partial charge < -0.3 is 10.8 Å². The van der Waals surface area contributed by atoms with E-state index in [4.69, 9.17) is 16.1 Å². The number of alkyl halides is 2. The third kappa shape index (κ3) is 2.32. The minimum Gasteiger partial charge on any atom is -0.390 e. The molecule has 0 bridgehead atoms. The van der Waals surface area contributed by atoms with Gasteiger partial charge >= 0.3 is 0 Å². The van der Waals surface area contributed by atoms with E-state index in [9.17, 15) is 13.2 Å². The standard InChI is InChI=1S/C10H9F3N2O/c11-8-2-1-6(3-7(8)4-14)9(15)10(12,13)5-16/h1-3,9,16H,5,15H2/t9-/m0/s1. The second-order valence-corrected chi connectivity index (χ2v) is 3.25. The number of nitrogens with zero attached hydrogens (tertiary/aromatic N) is 1. The number of rotatable bonds is 3. The highest BCUT2D eigenvalue weighted by atomic mass is 19.3. The van der Waals surface area contributed by atoms with Crippen LogP contribution in [0.15, 0.2) is 18.2 Å². The highest BCUT2D eigenvalue weighted by molar-refractivity contribution is 5.36. The second-order valence-electron chi connectivity index (χ2n) is 3.25. The first-order valence-corrected chi connectivity index (χ1v) is 4.36. The van der Waals surface area contributed by atoms with Crippen LogP contribution in [0.25, 0.3) is 0 Å². The predicted molar refractivity (Wildman–Crippen MR) is 50.1 cm³/mol. The number of nitrogens with two attached hydrogens (primary N) is 1. The maximum absolute atomic E-state index is 13.0. The van der Waals surface area contributed by atoms with Gasteiger partial charge in [0.2, 0.25) is 0 Å². The van der Waals surface area contributed by atoms with E-state index in [0.717, 1.165) is 18.2 Å². The van der Waals surface area contributed by atoms with Gasteiger partial charge in [0.15, 0.2) is 0 Å². The van der Waals surface area contributed by atoms with Crippen LogP contribution in [-0.2, 0) is 0 Å². The average molecular weight is 230 g/mol. The second kappa shape index (κ2) is 4.51. The fourth-order valence-electron chi connectivity index (χ4n) is 1.16. The van der Waals surface area contributed by atoms with Gasteiger partial charge in [-0.25, -0.2) is 13.2 Å². The van der Waals surface area contributed by atoms with Crippen LogP contribution in [0.2, 0.25) is 0 Å². The van der Waals surface area contributed by atoms with Crippen molar-refractivity contribution in [2.75, 3.05) is 6.61 Å². The van der Waals surface area contributed by atoms with Gasteiger partial charge in [-0.05, 0) is 17.7 Å². The van der Waals surface area contributed by atoms with E-state index in [0.29, 0.717) is 0 Å². The molecule has 0 amide bonds. The fourth-order valence-corrected chi connectivity index (χ4v) is 1.16. The molecule has 0 unspecified atom stereocenters. The monoisotopic (exact) mass is 230 g/mol. The molecular formula is C10H9F3N2O. The number of hydrogen-bond donors (Lipinski definition) is 2. The summed E-state index contributed by atoms with van der Waals surface area (Å²) in [4.78, 5) is 0. The first kappa shape index (κ1) is 12.5. The van der Waals surface area contributed by atoms with Gasteiger partial charge in [0.05, 0.1) is 11.6 Å². The third-order valence-electron chi connectivity index (χ3n) is 2.14. The fraction of sp³-hybridized carbons (Fsp3) is 0.300. The maximum Gasteiger partial charge on any atom is 0.289 e. The van der Waals surface area contributed by atoms with Crippen LogP contribution in [0.3, 0.4) is 0 Å². The molecule has 3 nitrogen and oxygen atoms in total. The molecule has 0 fully saturated rings. The van der Waals surface area contributed by atoms with Crippen molar-refractivity contribution in [1.82, 2.24) is 0 Å². The summed E-state index contributed by atoms with van der Waals surface area (Å²) in [5, 5.41) is 17.0. The molecule has 0 saturated carbocycles. The van der Waals surface area contributed by atoms with Gasteiger partial charge in [-0.3, -0.25) is 0 Å². The molecule has 0 radical (unpaired) electrons. The van der Waals surface area contributed by atoms with E-state index in [1.54, 1.807) is 0 Å². The lowest BCUT2D eigenvalue weighted by molar-refractivity contribution is -0.0712. The van der Waals surface area contributed by atoms with Crippen molar-refractivity contribution in [3.63, 3.8) is 0 Å². The first-order valence-electron chi connectivity index (χ1n) is 4.36. The van der Waals surface area contributed by atoms with Crippen molar-refractivity contribution in [3.8, 4) is 6.07 Å². The first-order chi connectivity index (χ1) is 7.42. The van der Waals surface area contributed by atoms with Crippen LogP contribution in [0, 0.1) is 17.1 Å². The van der Waals surface area contributed by atoms with Crippen molar-refractivity contribution < 1.29 is 18.3 Å². The Morgan fingerprint density at radius 2 is 2.12 bits per heavy atom. The number of aliphatic hydroxyl groups excluding tert-OH is 1. The highest BCUT2D eigenvalue weighted by Crippen LogP contribution is 2.29. The van der Waals surface area contributed by atoms with Gasteiger partial charge in [-0.15, -0.1) is 0 Å². The van der Waals surface area contributed by atoms with E-state index < -0.39 is 24.4 Å². The lowest BCUT2D eigenvalue weighted by atomic mass is 10.00. The SMILES string of the molecule is N#Cc1cc([C@H](N)C(F)(F)CO)ccc1F. The quantitative estimate of drug-likeness (QED) is 0.822. The van der Waals surface area contributed by atoms with Crippen LogP contribution >= 0.6 is 0 Å². The molecule has 1 atom stereocenters. The van der Waals surface area contributed by atoms with Crippen molar-refractivity contribution in [2.24, 2.45) is 5.73 Å². The summed E-state index contributed by atoms with van der Waals surface area (Å²) < 4.78 is 38.9. The molecule has 86 valence electrons. The largest absolute Gasteiger partial charge is 0.390 e. The Balaban J connectivity index is 3.11. The molecule has 0 aromatic heterocycles. The van der Waals surface area contributed by atoms with Crippen molar-refractivity contribution in [3.05, 3.63) is 35.1 Å². The van der Waals surface area contributed by atoms with E-state index in [2.05, 4.69) is 0 Å². The molecule has 0 aliphatic rings. The summed E-state index contributed by atoms with van der Waals surface area (Å²) in [6, 6.07) is 2.65. The Bertz CT molecular complexity index is 429. The molecule has 0 heterocycles. The van der Waals surface area contributed by atoms with E-state index in [1.807, 2.05) is 0 Å². The zero-order valence-corrected chi connectivity index (χ0v) is 8.12. The Labute approximate surface area is 89.9 Å². The smallest absolute Gasteiger partial charge is 0.289 e. The number of nitriles is 1. The van der Waals surface area contributed by atoms with Gasteiger partial charge in [0.25, 0.3) is 5.92 Å². The third-order valence-corrected chi connectivity index (χ3v) is 2.14. The summed E-state index contributed by atoms with van der Waals surface area (Å²) in [5.41, 5.74) is 4.76. The number of aliphatic hydroxyl groups is 1. The Morgan fingerprint density at radius 1 is 1.50 bits per heavy atom. The molecule has 0 spiro atoms. The predicted octanol–water partition coefficient (Wildman–Crippen LogP) is 1.32. The topological polar surface area (TPSA) is 70.0 Å². The molecular weight excluding hydrogens is 221 g/mol. The van der Waals surface area contributed by atoms with Gasteiger partial charge in [0.1, 0.15) is 18.5 Å². The highest BCUT2D eigenvalue weighted by Gasteiger charge is 2.37. The Hall–Kier alpha value is -1.58. The summed E-state index contributed by atoms with van der Waals surface area (Å²) in [6.45, 7) is -1.41. The van der Waals surface area contributed by atoms with Crippen LogP contribution in [0.4, 0.5) is 13.2 Å². The molecule has 6 heteroatoms.